The molecule has 2 aromatic carbocycles. The highest BCUT2D eigenvalue weighted by Gasteiger charge is 1.94. The van der Waals surface area contributed by atoms with Gasteiger partial charge >= 0.3 is 0 Å². The van der Waals surface area contributed by atoms with Crippen molar-refractivity contribution in [1.29, 1.82) is 0 Å². The van der Waals surface area contributed by atoms with Gasteiger partial charge in [-0.2, -0.15) is 0 Å². The Morgan fingerprint density at radius 1 is 1.11 bits per heavy atom. The summed E-state index contributed by atoms with van der Waals surface area (Å²) in [5.74, 6) is -0.247. The van der Waals surface area contributed by atoms with Crippen molar-refractivity contribution in [3.63, 3.8) is 0 Å². The molecular weight excluding hydrogens is 241 g/mol. The average molecular weight is 257 g/mol. The molecule has 0 bridgehead atoms. The van der Waals surface area contributed by atoms with E-state index in [1.165, 1.54) is 17.7 Å². The monoisotopic (exact) mass is 257 g/mol. The first-order chi connectivity index (χ1) is 9.28. The van der Waals surface area contributed by atoms with Crippen LogP contribution in [0, 0.1) is 5.82 Å². The Labute approximate surface area is 112 Å². The second-order valence-electron chi connectivity index (χ2n) is 4.23. The van der Waals surface area contributed by atoms with Crippen LogP contribution in [0.2, 0.25) is 0 Å². The van der Waals surface area contributed by atoms with E-state index in [1.54, 1.807) is 18.3 Å². The topological polar surface area (TPSA) is 21.6 Å². The highest BCUT2D eigenvalue weighted by molar-refractivity contribution is 5.79. The van der Waals surface area contributed by atoms with Crippen LogP contribution in [0.15, 0.2) is 53.7 Å². The van der Waals surface area contributed by atoms with Gasteiger partial charge in [-0.05, 0) is 35.2 Å². The lowest BCUT2D eigenvalue weighted by Gasteiger charge is -2.00. The minimum absolute atomic E-state index is 0.247. The van der Waals surface area contributed by atoms with Crippen LogP contribution in [-0.2, 0) is 17.9 Å². The van der Waals surface area contributed by atoms with Gasteiger partial charge in [0.1, 0.15) is 12.4 Å². The maximum absolute atomic E-state index is 12.7. The van der Waals surface area contributed by atoms with Crippen LogP contribution in [0.4, 0.5) is 4.39 Å². The number of benzene rings is 2. The van der Waals surface area contributed by atoms with E-state index in [-0.39, 0.29) is 5.82 Å². The predicted octanol–water partition coefficient (Wildman–Crippen LogP) is 3.94. The van der Waals surface area contributed by atoms with Crippen LogP contribution >= 0.6 is 0 Å². The summed E-state index contributed by atoms with van der Waals surface area (Å²) in [5.41, 5.74) is 3.17. The van der Waals surface area contributed by atoms with Crippen LogP contribution in [0.25, 0.3) is 0 Å². The van der Waals surface area contributed by atoms with E-state index >= 15 is 0 Å². The molecule has 2 aromatic rings. The molecule has 0 saturated carbocycles. The van der Waals surface area contributed by atoms with E-state index in [0.29, 0.717) is 6.61 Å². The fourth-order valence-electron chi connectivity index (χ4n) is 1.68. The van der Waals surface area contributed by atoms with Gasteiger partial charge < -0.3 is 4.84 Å². The third-order valence-corrected chi connectivity index (χ3v) is 2.78. The van der Waals surface area contributed by atoms with Gasteiger partial charge in [-0.15, -0.1) is 0 Å². The number of aryl methyl sites for hydroxylation is 1. The number of hydrogen-bond donors (Lipinski definition) is 0. The Kier molecular flexibility index (Phi) is 4.67. The Balaban J connectivity index is 1.87. The van der Waals surface area contributed by atoms with Crippen molar-refractivity contribution < 1.29 is 9.23 Å². The number of halogens is 1. The molecule has 0 fully saturated rings. The molecule has 0 aliphatic rings. The molecule has 0 spiro atoms. The maximum atomic E-state index is 12.7. The smallest absolute Gasteiger partial charge is 0.142 e. The Morgan fingerprint density at radius 3 is 2.63 bits per heavy atom. The molecule has 0 N–H and O–H groups in total. The third-order valence-electron chi connectivity index (χ3n) is 2.78. The first kappa shape index (κ1) is 13.3. The van der Waals surface area contributed by atoms with E-state index in [9.17, 15) is 4.39 Å². The molecule has 98 valence electrons. The van der Waals surface area contributed by atoms with Crippen LogP contribution in [0.3, 0.4) is 0 Å². The summed E-state index contributed by atoms with van der Waals surface area (Å²) in [5, 5.41) is 3.92. The summed E-state index contributed by atoms with van der Waals surface area (Å²) in [6, 6.07) is 14.3. The van der Waals surface area contributed by atoms with E-state index < -0.39 is 0 Å². The summed E-state index contributed by atoms with van der Waals surface area (Å²) in [6.45, 7) is 2.45. The van der Waals surface area contributed by atoms with Gasteiger partial charge in [0.05, 0.1) is 6.21 Å². The molecule has 0 saturated heterocycles. The molecule has 2 nitrogen and oxygen atoms in total. The highest BCUT2D eigenvalue weighted by Crippen LogP contribution is 2.06. The lowest BCUT2D eigenvalue weighted by molar-refractivity contribution is 0.132. The Bertz CT molecular complexity index is 549. The third kappa shape index (κ3) is 4.21. The second kappa shape index (κ2) is 6.69. The van der Waals surface area contributed by atoms with Crippen LogP contribution in [0.1, 0.15) is 23.6 Å². The van der Waals surface area contributed by atoms with Crippen molar-refractivity contribution in [1.82, 2.24) is 0 Å². The van der Waals surface area contributed by atoms with Crippen molar-refractivity contribution in [3.8, 4) is 0 Å². The van der Waals surface area contributed by atoms with Crippen molar-refractivity contribution in [2.45, 2.75) is 20.0 Å². The van der Waals surface area contributed by atoms with Gasteiger partial charge in [-0.3, -0.25) is 0 Å². The molecule has 0 atom stereocenters. The zero-order chi connectivity index (χ0) is 13.5. The standard InChI is InChI=1S/C16H16FNO/c1-2-13-4-3-5-15(10-13)11-18-19-12-14-6-8-16(17)9-7-14/h3-11H,2,12H2,1H3. The average Bonchev–Trinajstić information content (AvgIpc) is 2.46. The van der Waals surface area contributed by atoms with Gasteiger partial charge in [0.15, 0.2) is 0 Å². The van der Waals surface area contributed by atoms with Gasteiger partial charge in [-0.1, -0.05) is 48.5 Å². The summed E-state index contributed by atoms with van der Waals surface area (Å²) in [4.78, 5) is 5.18. The van der Waals surface area contributed by atoms with Gasteiger partial charge in [-0.25, -0.2) is 4.39 Å². The van der Waals surface area contributed by atoms with Gasteiger partial charge in [0.2, 0.25) is 0 Å². The first-order valence-electron chi connectivity index (χ1n) is 6.26. The number of rotatable bonds is 5. The largest absolute Gasteiger partial charge is 0.391 e. The second-order valence-corrected chi connectivity index (χ2v) is 4.23. The molecule has 0 aromatic heterocycles. The number of nitrogens with zero attached hydrogens (tertiary/aromatic N) is 1. The molecule has 0 aliphatic heterocycles. The fraction of sp³-hybridized carbons (Fsp3) is 0.188. The van der Waals surface area contributed by atoms with E-state index in [1.807, 2.05) is 12.1 Å². The van der Waals surface area contributed by atoms with Crippen molar-refractivity contribution in [2.24, 2.45) is 5.16 Å². The molecule has 0 aliphatic carbocycles. The molecule has 0 heterocycles. The molecule has 19 heavy (non-hydrogen) atoms. The Hall–Kier alpha value is -2.16. The van der Waals surface area contributed by atoms with Crippen molar-refractivity contribution in [3.05, 3.63) is 71.0 Å². The molecule has 2 rings (SSSR count). The van der Waals surface area contributed by atoms with Crippen molar-refractivity contribution in [2.75, 3.05) is 0 Å². The minimum Gasteiger partial charge on any atom is -0.391 e. The van der Waals surface area contributed by atoms with E-state index in [2.05, 4.69) is 24.2 Å². The Morgan fingerprint density at radius 2 is 1.89 bits per heavy atom. The van der Waals surface area contributed by atoms with Crippen LogP contribution in [-0.4, -0.2) is 6.21 Å². The van der Waals surface area contributed by atoms with Crippen LogP contribution < -0.4 is 0 Å². The van der Waals surface area contributed by atoms with Crippen LogP contribution in [0.5, 0.6) is 0 Å². The zero-order valence-electron chi connectivity index (χ0n) is 10.8. The summed E-state index contributed by atoms with van der Waals surface area (Å²) in [7, 11) is 0. The number of oxime groups is 1. The normalized spacial score (nSPS) is 10.8. The summed E-state index contributed by atoms with van der Waals surface area (Å²) >= 11 is 0. The molecule has 0 radical (unpaired) electrons. The van der Waals surface area contributed by atoms with Gasteiger partial charge in [0, 0.05) is 0 Å². The fourth-order valence-corrected chi connectivity index (χ4v) is 1.68. The quantitative estimate of drug-likeness (QED) is 0.587. The maximum Gasteiger partial charge on any atom is 0.142 e. The summed E-state index contributed by atoms with van der Waals surface area (Å²) < 4.78 is 12.7. The highest BCUT2D eigenvalue weighted by atomic mass is 19.1. The SMILES string of the molecule is CCc1cccc(C=NOCc2ccc(F)cc2)c1. The first-order valence-corrected chi connectivity index (χ1v) is 6.26. The van der Waals surface area contributed by atoms with Gasteiger partial charge in [0.25, 0.3) is 0 Å². The van der Waals surface area contributed by atoms with E-state index in [0.717, 1.165) is 17.5 Å². The molecular formula is C16H16FNO. The lowest BCUT2D eigenvalue weighted by Crippen LogP contribution is -1.89. The lowest BCUT2D eigenvalue weighted by atomic mass is 10.1. The zero-order valence-corrected chi connectivity index (χ0v) is 10.8. The van der Waals surface area contributed by atoms with E-state index in [4.69, 9.17) is 4.84 Å². The molecule has 0 amide bonds. The molecule has 0 unspecified atom stereocenters. The predicted molar refractivity (Wildman–Crippen MR) is 74.6 cm³/mol. The summed E-state index contributed by atoms with van der Waals surface area (Å²) in [6.07, 6.45) is 2.68. The molecule has 3 heteroatoms. The number of hydrogen-bond acceptors (Lipinski definition) is 2. The van der Waals surface area contributed by atoms with Crippen molar-refractivity contribution >= 4 is 6.21 Å². The minimum atomic E-state index is -0.247.